The van der Waals surface area contributed by atoms with Crippen LogP contribution in [0.15, 0.2) is 34.1 Å². The first-order valence-corrected chi connectivity index (χ1v) is 10.9. The maximum atomic E-state index is 12.9. The zero-order valence-electron chi connectivity index (χ0n) is 13.5. The van der Waals surface area contributed by atoms with Gasteiger partial charge in [-0.05, 0) is 37.0 Å². The number of nitrogens with zero attached hydrogens (tertiary/aromatic N) is 1. The highest BCUT2D eigenvalue weighted by molar-refractivity contribution is 7.91. The molecule has 0 unspecified atom stereocenters. The van der Waals surface area contributed by atoms with E-state index in [-0.39, 0.29) is 34.0 Å². The summed E-state index contributed by atoms with van der Waals surface area (Å²) in [6.45, 7) is 4.21. The topological polar surface area (TPSA) is 97.5 Å². The Balaban J connectivity index is 2.46. The Morgan fingerprint density at radius 3 is 2.48 bits per heavy atom. The van der Waals surface area contributed by atoms with Gasteiger partial charge in [-0.15, -0.1) is 0 Å². The third-order valence-corrected chi connectivity index (χ3v) is 8.11. The summed E-state index contributed by atoms with van der Waals surface area (Å²) in [5.74, 6) is 0.119. The van der Waals surface area contributed by atoms with E-state index in [0.717, 1.165) is 12.8 Å². The zero-order chi connectivity index (χ0) is 17.3. The summed E-state index contributed by atoms with van der Waals surface area (Å²) in [5, 5.41) is 0. The van der Waals surface area contributed by atoms with Crippen molar-refractivity contribution < 1.29 is 16.8 Å². The van der Waals surface area contributed by atoms with E-state index in [4.69, 9.17) is 5.73 Å². The molecule has 1 saturated heterocycles. The molecule has 1 aromatic rings. The van der Waals surface area contributed by atoms with E-state index in [2.05, 4.69) is 0 Å². The summed E-state index contributed by atoms with van der Waals surface area (Å²) in [7, 11) is -7.21. The Morgan fingerprint density at radius 2 is 1.87 bits per heavy atom. The Bertz CT molecular complexity index is 759. The highest BCUT2D eigenvalue weighted by Crippen LogP contribution is 2.29. The van der Waals surface area contributed by atoms with Gasteiger partial charge in [-0.25, -0.2) is 16.8 Å². The van der Waals surface area contributed by atoms with Crippen molar-refractivity contribution in [2.75, 3.05) is 18.8 Å². The molecule has 0 aromatic heterocycles. The quantitative estimate of drug-likeness (QED) is 0.852. The molecule has 0 aliphatic carbocycles. The molecule has 23 heavy (non-hydrogen) atoms. The third kappa shape index (κ3) is 3.60. The second-order valence-electron chi connectivity index (χ2n) is 5.92. The molecule has 1 aliphatic heterocycles. The lowest BCUT2D eigenvalue weighted by molar-refractivity contribution is 0.192. The van der Waals surface area contributed by atoms with E-state index in [1.807, 2.05) is 6.92 Å². The maximum absolute atomic E-state index is 12.9. The lowest BCUT2D eigenvalue weighted by atomic mass is 9.93. The molecule has 8 heteroatoms. The lowest BCUT2D eigenvalue weighted by Gasteiger charge is -2.38. The number of piperidine rings is 1. The molecule has 0 bridgehead atoms. The van der Waals surface area contributed by atoms with Gasteiger partial charge in [0.1, 0.15) is 0 Å². The maximum Gasteiger partial charge on any atom is 0.243 e. The summed E-state index contributed by atoms with van der Waals surface area (Å²) in [5.41, 5.74) is 5.78. The SMILES string of the molecule is CCS(=O)(=O)c1cccc(S(=O)(=O)N2CCC[C@@H](C)[C@H]2CN)c1. The van der Waals surface area contributed by atoms with Gasteiger partial charge in [0.15, 0.2) is 9.84 Å². The molecule has 0 radical (unpaired) electrons. The number of nitrogens with two attached hydrogens (primary N) is 1. The van der Waals surface area contributed by atoms with E-state index in [1.165, 1.54) is 35.5 Å². The molecule has 2 rings (SSSR count). The van der Waals surface area contributed by atoms with Crippen molar-refractivity contribution in [3.05, 3.63) is 24.3 Å². The summed E-state index contributed by atoms with van der Waals surface area (Å²) in [6, 6.07) is 5.34. The van der Waals surface area contributed by atoms with Crippen LogP contribution in [0.3, 0.4) is 0 Å². The van der Waals surface area contributed by atoms with Crippen molar-refractivity contribution in [2.45, 2.75) is 42.5 Å². The lowest BCUT2D eigenvalue weighted by Crippen LogP contribution is -2.51. The zero-order valence-corrected chi connectivity index (χ0v) is 15.1. The van der Waals surface area contributed by atoms with Gasteiger partial charge in [-0.3, -0.25) is 0 Å². The average Bonchev–Trinajstić information content (AvgIpc) is 2.54. The van der Waals surface area contributed by atoms with Crippen molar-refractivity contribution >= 4 is 19.9 Å². The molecule has 0 saturated carbocycles. The van der Waals surface area contributed by atoms with Gasteiger partial charge in [-0.2, -0.15) is 4.31 Å². The van der Waals surface area contributed by atoms with Crippen LogP contribution in [0.2, 0.25) is 0 Å². The normalized spacial score (nSPS) is 23.8. The number of benzene rings is 1. The van der Waals surface area contributed by atoms with E-state index < -0.39 is 19.9 Å². The van der Waals surface area contributed by atoms with Gasteiger partial charge in [0, 0.05) is 19.1 Å². The van der Waals surface area contributed by atoms with Gasteiger partial charge < -0.3 is 5.73 Å². The second kappa shape index (κ2) is 6.88. The van der Waals surface area contributed by atoms with Gasteiger partial charge in [0.2, 0.25) is 10.0 Å². The summed E-state index contributed by atoms with van der Waals surface area (Å²) in [4.78, 5) is 0.0509. The molecule has 2 N–H and O–H groups in total. The van der Waals surface area contributed by atoms with Crippen LogP contribution < -0.4 is 5.73 Å². The minimum atomic E-state index is -3.76. The van der Waals surface area contributed by atoms with E-state index >= 15 is 0 Å². The fraction of sp³-hybridized carbons (Fsp3) is 0.600. The van der Waals surface area contributed by atoms with Gasteiger partial charge in [0.25, 0.3) is 0 Å². The summed E-state index contributed by atoms with van der Waals surface area (Å²) < 4.78 is 51.3. The molecule has 1 fully saturated rings. The predicted octanol–water partition coefficient (Wildman–Crippen LogP) is 1.23. The molecule has 2 atom stereocenters. The molecule has 6 nitrogen and oxygen atoms in total. The monoisotopic (exact) mass is 360 g/mol. The smallest absolute Gasteiger partial charge is 0.243 e. The minimum absolute atomic E-state index is 0.0135. The number of hydrogen-bond donors (Lipinski definition) is 1. The third-order valence-electron chi connectivity index (χ3n) is 4.46. The Hall–Kier alpha value is -0.960. The molecule has 1 heterocycles. The van der Waals surface area contributed by atoms with Crippen LogP contribution in [-0.4, -0.2) is 46.0 Å². The first-order chi connectivity index (χ1) is 10.7. The van der Waals surface area contributed by atoms with Crippen molar-refractivity contribution in [1.29, 1.82) is 0 Å². The number of hydrogen-bond acceptors (Lipinski definition) is 5. The van der Waals surface area contributed by atoms with Gasteiger partial charge >= 0.3 is 0 Å². The first kappa shape index (κ1) is 18.4. The standard InChI is InChI=1S/C15H24N2O4S2/c1-3-22(18,19)13-7-4-8-14(10-13)23(20,21)17-9-5-6-12(2)15(17)11-16/h4,7-8,10,12,15H,3,5-6,9,11,16H2,1-2H3/t12-,15-/m1/s1. The minimum Gasteiger partial charge on any atom is -0.329 e. The Labute approximate surface area is 138 Å². The number of sulfonamides is 1. The molecule has 1 aromatic carbocycles. The molecule has 1 aliphatic rings. The fourth-order valence-corrected chi connectivity index (χ4v) is 5.81. The number of rotatable bonds is 5. The molecular weight excluding hydrogens is 336 g/mol. The van der Waals surface area contributed by atoms with E-state index in [1.54, 1.807) is 0 Å². The van der Waals surface area contributed by atoms with Crippen molar-refractivity contribution in [3.63, 3.8) is 0 Å². The highest BCUT2D eigenvalue weighted by atomic mass is 32.2. The van der Waals surface area contributed by atoms with Crippen LogP contribution in [0.25, 0.3) is 0 Å². The molecule has 0 spiro atoms. The summed E-state index contributed by atoms with van der Waals surface area (Å²) >= 11 is 0. The summed E-state index contributed by atoms with van der Waals surface area (Å²) in [6.07, 6.45) is 1.72. The van der Waals surface area contributed by atoms with E-state index in [0.29, 0.717) is 6.54 Å². The number of sulfone groups is 1. The van der Waals surface area contributed by atoms with Crippen LogP contribution in [-0.2, 0) is 19.9 Å². The largest absolute Gasteiger partial charge is 0.329 e. The van der Waals surface area contributed by atoms with Crippen LogP contribution >= 0.6 is 0 Å². The van der Waals surface area contributed by atoms with Gasteiger partial charge in [-0.1, -0.05) is 19.9 Å². The van der Waals surface area contributed by atoms with Crippen molar-refractivity contribution in [3.8, 4) is 0 Å². The van der Waals surface area contributed by atoms with Gasteiger partial charge in [0.05, 0.1) is 15.5 Å². The van der Waals surface area contributed by atoms with Crippen LogP contribution in [0.1, 0.15) is 26.7 Å². The highest BCUT2D eigenvalue weighted by Gasteiger charge is 2.36. The molecule has 0 amide bonds. The van der Waals surface area contributed by atoms with Crippen molar-refractivity contribution in [2.24, 2.45) is 11.7 Å². The first-order valence-electron chi connectivity index (χ1n) is 7.78. The Morgan fingerprint density at radius 1 is 1.22 bits per heavy atom. The Kier molecular flexibility index (Phi) is 5.50. The second-order valence-corrected chi connectivity index (χ2v) is 10.1. The molecule has 130 valence electrons. The molecular formula is C15H24N2O4S2. The van der Waals surface area contributed by atoms with Crippen LogP contribution in [0, 0.1) is 5.92 Å². The van der Waals surface area contributed by atoms with Crippen LogP contribution in [0.4, 0.5) is 0 Å². The van der Waals surface area contributed by atoms with Crippen molar-refractivity contribution in [1.82, 2.24) is 4.31 Å². The van der Waals surface area contributed by atoms with Crippen LogP contribution in [0.5, 0.6) is 0 Å². The van der Waals surface area contributed by atoms with E-state index in [9.17, 15) is 16.8 Å². The predicted molar refractivity (Wildman–Crippen MR) is 89.3 cm³/mol. The fourth-order valence-electron chi connectivity index (χ4n) is 2.99. The average molecular weight is 361 g/mol.